The number of hydrogen-bond donors (Lipinski definition) is 0. The zero-order chi connectivity index (χ0) is 11.6. The van der Waals surface area contributed by atoms with Crippen LogP contribution in [-0.4, -0.2) is 5.78 Å². The molecule has 1 unspecified atom stereocenters. The quantitative estimate of drug-likeness (QED) is 0.701. The lowest BCUT2D eigenvalue weighted by Gasteiger charge is -2.14. The Kier molecular flexibility index (Phi) is 3.56. The van der Waals surface area contributed by atoms with Crippen LogP contribution in [0.15, 0.2) is 18.2 Å². The molecule has 0 bridgehead atoms. The largest absolute Gasteiger partial charge is 0.294 e. The number of carbonyl (C=O) groups excluding carboxylic acids is 1. The molecule has 1 aromatic rings. The van der Waals surface area contributed by atoms with Crippen LogP contribution in [0.5, 0.6) is 0 Å². The number of ketones is 1. The Morgan fingerprint density at radius 1 is 1.20 bits per heavy atom. The minimum Gasteiger partial charge on any atom is -0.294 e. The van der Waals surface area contributed by atoms with Gasteiger partial charge in [0.05, 0.1) is 5.56 Å². The van der Waals surface area contributed by atoms with Gasteiger partial charge in [0.2, 0.25) is 0 Å². The molecule has 0 saturated carbocycles. The van der Waals surface area contributed by atoms with Crippen molar-refractivity contribution in [3.8, 4) is 0 Å². The number of hydrogen-bond acceptors (Lipinski definition) is 1. The van der Waals surface area contributed by atoms with Crippen LogP contribution in [0.25, 0.3) is 0 Å². The Hall–Kier alpha value is -1.25. The van der Waals surface area contributed by atoms with E-state index in [4.69, 9.17) is 0 Å². The summed E-state index contributed by atoms with van der Waals surface area (Å²) in [6.07, 6.45) is 0. The summed E-state index contributed by atoms with van der Waals surface area (Å²) >= 11 is 0. The Labute approximate surface area is 88.1 Å². The summed E-state index contributed by atoms with van der Waals surface area (Å²) in [5, 5.41) is 0. The Balaban J connectivity index is 3.07. The van der Waals surface area contributed by atoms with Gasteiger partial charge < -0.3 is 0 Å². The van der Waals surface area contributed by atoms with E-state index in [9.17, 15) is 13.6 Å². The van der Waals surface area contributed by atoms with Crippen molar-refractivity contribution >= 4 is 5.78 Å². The van der Waals surface area contributed by atoms with E-state index in [0.717, 1.165) is 6.07 Å². The maximum absolute atomic E-state index is 13.3. The number of carbonyl (C=O) groups is 1. The van der Waals surface area contributed by atoms with Gasteiger partial charge in [0.15, 0.2) is 17.4 Å². The fraction of sp³-hybridized carbons (Fsp3) is 0.417. The molecule has 0 fully saturated rings. The number of rotatable bonds is 3. The van der Waals surface area contributed by atoms with Crippen LogP contribution in [0.1, 0.15) is 31.1 Å². The van der Waals surface area contributed by atoms with E-state index < -0.39 is 11.6 Å². The van der Waals surface area contributed by atoms with E-state index in [-0.39, 0.29) is 23.2 Å². The summed E-state index contributed by atoms with van der Waals surface area (Å²) < 4.78 is 26.2. The third-order valence-corrected chi connectivity index (χ3v) is 2.63. The molecule has 82 valence electrons. The SMILES string of the molecule is CC(C)C(C)C(=O)c1cccc(F)c1F. The highest BCUT2D eigenvalue weighted by atomic mass is 19.2. The monoisotopic (exact) mass is 212 g/mol. The summed E-state index contributed by atoms with van der Waals surface area (Å²) in [6.45, 7) is 5.47. The highest BCUT2D eigenvalue weighted by molar-refractivity contribution is 5.98. The molecule has 0 spiro atoms. The predicted molar refractivity (Wildman–Crippen MR) is 54.7 cm³/mol. The molecular weight excluding hydrogens is 198 g/mol. The highest BCUT2D eigenvalue weighted by Crippen LogP contribution is 2.20. The van der Waals surface area contributed by atoms with Crippen molar-refractivity contribution in [2.45, 2.75) is 20.8 Å². The number of benzene rings is 1. The molecule has 0 aliphatic rings. The summed E-state index contributed by atoms with van der Waals surface area (Å²) in [6, 6.07) is 3.67. The van der Waals surface area contributed by atoms with Crippen LogP contribution in [0.2, 0.25) is 0 Å². The van der Waals surface area contributed by atoms with Crippen molar-refractivity contribution in [2.24, 2.45) is 11.8 Å². The molecule has 1 nitrogen and oxygen atoms in total. The summed E-state index contributed by atoms with van der Waals surface area (Å²) in [4.78, 5) is 11.8. The lowest BCUT2D eigenvalue weighted by atomic mass is 9.89. The molecule has 0 radical (unpaired) electrons. The first-order valence-corrected chi connectivity index (χ1v) is 4.93. The molecule has 0 heterocycles. The number of halogens is 2. The van der Waals surface area contributed by atoms with Gasteiger partial charge in [0.25, 0.3) is 0 Å². The number of Topliss-reactive ketones (excluding diaryl/α,β-unsaturated/α-hetero) is 1. The average molecular weight is 212 g/mol. The van der Waals surface area contributed by atoms with E-state index in [2.05, 4.69) is 0 Å². The molecule has 1 atom stereocenters. The van der Waals surface area contributed by atoms with Gasteiger partial charge >= 0.3 is 0 Å². The van der Waals surface area contributed by atoms with Crippen LogP contribution >= 0.6 is 0 Å². The van der Waals surface area contributed by atoms with E-state index in [1.165, 1.54) is 12.1 Å². The van der Waals surface area contributed by atoms with Gasteiger partial charge in [-0.3, -0.25) is 4.79 Å². The lowest BCUT2D eigenvalue weighted by Crippen LogP contribution is -2.18. The standard InChI is InChI=1S/C12H14F2O/c1-7(2)8(3)12(15)9-5-4-6-10(13)11(9)14/h4-8H,1-3H3. The van der Waals surface area contributed by atoms with Gasteiger partial charge in [-0.2, -0.15) is 0 Å². The zero-order valence-corrected chi connectivity index (χ0v) is 9.05. The van der Waals surface area contributed by atoms with Crippen LogP contribution in [0, 0.1) is 23.5 Å². The van der Waals surface area contributed by atoms with Crippen LogP contribution in [0.4, 0.5) is 8.78 Å². The first kappa shape index (κ1) is 11.8. The highest BCUT2D eigenvalue weighted by Gasteiger charge is 2.22. The van der Waals surface area contributed by atoms with Gasteiger partial charge in [-0.15, -0.1) is 0 Å². The summed E-state index contributed by atoms with van der Waals surface area (Å²) in [5.74, 6) is -2.56. The fourth-order valence-corrected chi connectivity index (χ4v) is 1.24. The topological polar surface area (TPSA) is 17.1 Å². The van der Waals surface area contributed by atoms with Gasteiger partial charge in [-0.1, -0.05) is 26.8 Å². The van der Waals surface area contributed by atoms with Gasteiger partial charge in [0.1, 0.15) is 0 Å². The molecule has 3 heteroatoms. The minimum atomic E-state index is -1.05. The summed E-state index contributed by atoms with van der Waals surface area (Å²) in [5.41, 5.74) is -0.156. The van der Waals surface area contributed by atoms with E-state index in [1.807, 2.05) is 13.8 Å². The fourth-order valence-electron chi connectivity index (χ4n) is 1.24. The molecule has 0 aromatic heterocycles. The first-order chi connectivity index (χ1) is 6.95. The van der Waals surface area contributed by atoms with Crippen LogP contribution in [0.3, 0.4) is 0 Å². The second-order valence-corrected chi connectivity index (χ2v) is 4.00. The average Bonchev–Trinajstić information content (AvgIpc) is 2.20. The third kappa shape index (κ3) is 2.41. The van der Waals surface area contributed by atoms with E-state index in [1.54, 1.807) is 6.92 Å². The van der Waals surface area contributed by atoms with Crippen LogP contribution in [-0.2, 0) is 0 Å². The third-order valence-electron chi connectivity index (χ3n) is 2.63. The molecule has 0 aliphatic heterocycles. The second-order valence-electron chi connectivity index (χ2n) is 4.00. The van der Waals surface area contributed by atoms with Crippen molar-refractivity contribution in [1.29, 1.82) is 0 Å². The Morgan fingerprint density at radius 2 is 1.80 bits per heavy atom. The zero-order valence-electron chi connectivity index (χ0n) is 9.05. The molecule has 0 N–H and O–H groups in total. The maximum Gasteiger partial charge on any atom is 0.169 e. The van der Waals surface area contributed by atoms with Gasteiger partial charge in [0, 0.05) is 5.92 Å². The molecule has 1 rings (SSSR count). The maximum atomic E-state index is 13.3. The van der Waals surface area contributed by atoms with Gasteiger partial charge in [-0.25, -0.2) is 8.78 Å². The first-order valence-electron chi connectivity index (χ1n) is 4.93. The molecular formula is C12H14F2O. The molecule has 0 aliphatic carbocycles. The lowest BCUT2D eigenvalue weighted by molar-refractivity contribution is 0.0894. The second kappa shape index (κ2) is 4.51. The Bertz CT molecular complexity index is 372. The van der Waals surface area contributed by atoms with Crippen molar-refractivity contribution in [3.63, 3.8) is 0 Å². The van der Waals surface area contributed by atoms with E-state index in [0.29, 0.717) is 0 Å². The van der Waals surface area contributed by atoms with Crippen molar-refractivity contribution in [3.05, 3.63) is 35.4 Å². The Morgan fingerprint density at radius 3 is 2.33 bits per heavy atom. The van der Waals surface area contributed by atoms with Crippen molar-refractivity contribution < 1.29 is 13.6 Å². The molecule has 0 amide bonds. The molecule has 15 heavy (non-hydrogen) atoms. The van der Waals surface area contributed by atoms with Gasteiger partial charge in [-0.05, 0) is 18.1 Å². The van der Waals surface area contributed by atoms with Crippen molar-refractivity contribution in [1.82, 2.24) is 0 Å². The normalized spacial score (nSPS) is 12.9. The molecule has 0 saturated heterocycles. The van der Waals surface area contributed by atoms with Crippen molar-refractivity contribution in [2.75, 3.05) is 0 Å². The predicted octanol–water partition coefficient (Wildman–Crippen LogP) is 3.44. The van der Waals surface area contributed by atoms with E-state index >= 15 is 0 Å². The minimum absolute atomic E-state index is 0.111. The van der Waals surface area contributed by atoms with Crippen LogP contribution < -0.4 is 0 Å². The molecule has 1 aromatic carbocycles. The smallest absolute Gasteiger partial charge is 0.169 e. The summed E-state index contributed by atoms with van der Waals surface area (Å²) in [7, 11) is 0.